The number of benzene rings is 1. The van der Waals surface area contributed by atoms with Gasteiger partial charge < -0.3 is 10.4 Å². The topological polar surface area (TPSA) is 67.2 Å². The van der Waals surface area contributed by atoms with Crippen LogP contribution in [0.5, 0.6) is 0 Å². The maximum Gasteiger partial charge on any atom is 0.272 e. The number of rotatable bonds is 4. The number of aromatic nitrogens is 2. The van der Waals surface area contributed by atoms with Gasteiger partial charge in [0.1, 0.15) is 0 Å². The van der Waals surface area contributed by atoms with E-state index < -0.39 is 5.54 Å². The summed E-state index contributed by atoms with van der Waals surface area (Å²) in [5, 5.41) is 17.6. The van der Waals surface area contributed by atoms with Gasteiger partial charge in [-0.25, -0.2) is 4.68 Å². The van der Waals surface area contributed by atoms with Crippen LogP contribution >= 0.6 is 11.6 Å². The van der Waals surface area contributed by atoms with E-state index in [1.165, 1.54) is 0 Å². The monoisotopic (exact) mass is 333 g/mol. The van der Waals surface area contributed by atoms with E-state index in [4.69, 9.17) is 11.6 Å². The van der Waals surface area contributed by atoms with Gasteiger partial charge in [0.05, 0.1) is 17.8 Å². The van der Waals surface area contributed by atoms with E-state index in [2.05, 4.69) is 10.4 Å². The van der Waals surface area contributed by atoms with Crippen molar-refractivity contribution in [2.24, 2.45) is 0 Å². The number of hydrogen-bond donors (Lipinski definition) is 2. The molecule has 2 N–H and O–H groups in total. The minimum absolute atomic E-state index is 0.0350. The lowest BCUT2D eigenvalue weighted by atomic mass is 9.99. The van der Waals surface area contributed by atoms with Crippen LogP contribution in [0.15, 0.2) is 30.3 Å². The zero-order valence-corrected chi connectivity index (χ0v) is 13.8. The van der Waals surface area contributed by atoms with Crippen molar-refractivity contribution in [2.45, 2.75) is 38.1 Å². The molecule has 1 aliphatic rings. The Labute approximate surface area is 140 Å². The van der Waals surface area contributed by atoms with Gasteiger partial charge in [-0.1, -0.05) is 30.5 Å². The van der Waals surface area contributed by atoms with Gasteiger partial charge in [0.2, 0.25) is 0 Å². The maximum absolute atomic E-state index is 12.5. The summed E-state index contributed by atoms with van der Waals surface area (Å²) < 4.78 is 1.70. The highest BCUT2D eigenvalue weighted by molar-refractivity contribution is 6.30. The van der Waals surface area contributed by atoms with Crippen molar-refractivity contribution < 1.29 is 9.90 Å². The zero-order valence-electron chi connectivity index (χ0n) is 13.1. The molecule has 1 heterocycles. The number of nitrogens with zero attached hydrogens (tertiary/aromatic N) is 2. The van der Waals surface area contributed by atoms with Crippen LogP contribution in [0.3, 0.4) is 0 Å². The Balaban J connectivity index is 1.84. The van der Waals surface area contributed by atoms with Gasteiger partial charge >= 0.3 is 0 Å². The number of aliphatic hydroxyl groups excluding tert-OH is 1. The molecular weight excluding hydrogens is 314 g/mol. The smallest absolute Gasteiger partial charge is 0.272 e. The molecule has 1 fully saturated rings. The molecule has 5 nitrogen and oxygen atoms in total. The quantitative estimate of drug-likeness (QED) is 0.904. The third-order valence-corrected chi connectivity index (χ3v) is 4.65. The molecule has 0 aliphatic heterocycles. The summed E-state index contributed by atoms with van der Waals surface area (Å²) in [7, 11) is 0. The summed E-state index contributed by atoms with van der Waals surface area (Å²) >= 11 is 6.02. The fourth-order valence-corrected chi connectivity index (χ4v) is 3.32. The summed E-state index contributed by atoms with van der Waals surface area (Å²) in [6, 6.07) is 9.08. The Morgan fingerprint density at radius 2 is 2.13 bits per heavy atom. The van der Waals surface area contributed by atoms with Crippen LogP contribution in [0.4, 0.5) is 0 Å². The van der Waals surface area contributed by atoms with Gasteiger partial charge in [-0.3, -0.25) is 4.79 Å². The lowest BCUT2D eigenvalue weighted by molar-refractivity contribution is 0.0833. The second kappa shape index (κ2) is 6.34. The van der Waals surface area contributed by atoms with E-state index in [1.807, 2.05) is 19.1 Å². The second-order valence-corrected chi connectivity index (χ2v) is 6.60. The number of carbonyl (C=O) groups excluding carboxylic acids is 1. The molecule has 1 aliphatic carbocycles. The van der Waals surface area contributed by atoms with Gasteiger partial charge in [0.25, 0.3) is 5.91 Å². The number of amides is 1. The van der Waals surface area contributed by atoms with E-state index in [9.17, 15) is 9.90 Å². The average Bonchev–Trinajstić information content (AvgIpc) is 3.14. The minimum Gasteiger partial charge on any atom is -0.394 e. The van der Waals surface area contributed by atoms with Gasteiger partial charge in [-0.2, -0.15) is 5.10 Å². The van der Waals surface area contributed by atoms with Crippen molar-refractivity contribution in [1.82, 2.24) is 15.1 Å². The van der Waals surface area contributed by atoms with Gasteiger partial charge in [0.15, 0.2) is 5.69 Å². The summed E-state index contributed by atoms with van der Waals surface area (Å²) in [4.78, 5) is 12.5. The molecule has 3 rings (SSSR count). The molecule has 0 atom stereocenters. The van der Waals surface area contributed by atoms with Crippen LogP contribution in [0.25, 0.3) is 5.69 Å². The van der Waals surface area contributed by atoms with Crippen LogP contribution in [-0.4, -0.2) is 32.9 Å². The maximum atomic E-state index is 12.5. The average molecular weight is 334 g/mol. The molecule has 1 aromatic heterocycles. The molecule has 1 amide bonds. The van der Waals surface area contributed by atoms with Crippen molar-refractivity contribution in [3.8, 4) is 5.69 Å². The highest BCUT2D eigenvalue weighted by atomic mass is 35.5. The first kappa shape index (κ1) is 16.0. The Bertz CT molecular complexity index is 720. The third kappa shape index (κ3) is 3.26. The number of carbonyl (C=O) groups is 1. The van der Waals surface area contributed by atoms with Gasteiger partial charge in [0, 0.05) is 10.7 Å². The van der Waals surface area contributed by atoms with Crippen LogP contribution in [0.1, 0.15) is 41.9 Å². The summed E-state index contributed by atoms with van der Waals surface area (Å²) in [6.45, 7) is 1.86. The van der Waals surface area contributed by atoms with E-state index in [-0.39, 0.29) is 12.5 Å². The van der Waals surface area contributed by atoms with E-state index in [0.29, 0.717) is 10.7 Å². The predicted molar refractivity (Wildman–Crippen MR) is 89.1 cm³/mol. The minimum atomic E-state index is -0.495. The normalized spacial score (nSPS) is 16.5. The molecular formula is C17H20ClN3O2. The fraction of sp³-hybridized carbons (Fsp3) is 0.412. The molecule has 1 saturated carbocycles. The molecule has 1 aromatic carbocycles. The molecule has 0 spiro atoms. The first-order valence-electron chi connectivity index (χ1n) is 7.79. The van der Waals surface area contributed by atoms with Crippen molar-refractivity contribution in [2.75, 3.05) is 6.61 Å². The Hall–Kier alpha value is -1.85. The molecule has 6 heteroatoms. The number of nitrogens with one attached hydrogen (secondary N) is 1. The second-order valence-electron chi connectivity index (χ2n) is 6.16. The number of aryl methyl sites for hydroxylation is 1. The van der Waals surface area contributed by atoms with Gasteiger partial charge in [-0.05, 0) is 44.0 Å². The largest absolute Gasteiger partial charge is 0.394 e. The molecule has 0 unspecified atom stereocenters. The summed E-state index contributed by atoms with van der Waals surface area (Å²) in [5.41, 5.74) is 1.51. The highest BCUT2D eigenvalue weighted by Gasteiger charge is 2.35. The van der Waals surface area contributed by atoms with E-state index in [1.54, 1.807) is 22.9 Å². The van der Waals surface area contributed by atoms with Crippen LogP contribution < -0.4 is 5.32 Å². The van der Waals surface area contributed by atoms with E-state index in [0.717, 1.165) is 37.1 Å². The third-order valence-electron chi connectivity index (χ3n) is 4.41. The fourth-order valence-electron chi connectivity index (χ4n) is 3.13. The van der Waals surface area contributed by atoms with Crippen LogP contribution in [-0.2, 0) is 0 Å². The molecule has 0 saturated heterocycles. The predicted octanol–water partition coefficient (Wildman–Crippen LogP) is 2.87. The first-order valence-corrected chi connectivity index (χ1v) is 8.17. The summed E-state index contributed by atoms with van der Waals surface area (Å²) in [5.74, 6) is -0.246. The first-order chi connectivity index (χ1) is 11.0. The standard InChI is InChI=1S/C17H20ClN3O2/c1-12-9-15(16(23)19-17(11-22)7-2-3-8-17)20-21(12)14-6-4-5-13(18)10-14/h4-6,9-10,22H,2-3,7-8,11H2,1H3,(H,19,23). The van der Waals surface area contributed by atoms with Crippen molar-refractivity contribution in [1.29, 1.82) is 0 Å². The van der Waals surface area contributed by atoms with Crippen LogP contribution in [0, 0.1) is 6.92 Å². The molecule has 0 radical (unpaired) electrons. The lowest BCUT2D eigenvalue weighted by Crippen LogP contribution is -2.49. The molecule has 23 heavy (non-hydrogen) atoms. The SMILES string of the molecule is Cc1cc(C(=O)NC2(CO)CCCC2)nn1-c1cccc(Cl)c1. The van der Waals surface area contributed by atoms with E-state index >= 15 is 0 Å². The molecule has 0 bridgehead atoms. The van der Waals surface area contributed by atoms with Crippen molar-refractivity contribution >= 4 is 17.5 Å². The molecule has 2 aromatic rings. The number of halogens is 1. The number of hydrogen-bond acceptors (Lipinski definition) is 3. The molecule has 122 valence electrons. The summed E-state index contributed by atoms with van der Waals surface area (Å²) in [6.07, 6.45) is 3.67. The van der Waals surface area contributed by atoms with Gasteiger partial charge in [-0.15, -0.1) is 0 Å². The Morgan fingerprint density at radius 3 is 2.78 bits per heavy atom. The van der Waals surface area contributed by atoms with Crippen LogP contribution in [0.2, 0.25) is 5.02 Å². The zero-order chi connectivity index (χ0) is 16.4. The highest BCUT2D eigenvalue weighted by Crippen LogP contribution is 2.29. The van der Waals surface area contributed by atoms with Crippen molar-refractivity contribution in [3.63, 3.8) is 0 Å². The Morgan fingerprint density at radius 1 is 1.39 bits per heavy atom. The lowest BCUT2D eigenvalue weighted by Gasteiger charge is -2.27. The number of aliphatic hydroxyl groups is 1. The Kier molecular flexibility index (Phi) is 4.41. The van der Waals surface area contributed by atoms with Crippen molar-refractivity contribution in [3.05, 3.63) is 46.7 Å².